The van der Waals surface area contributed by atoms with Crippen molar-refractivity contribution in [3.63, 3.8) is 0 Å². The summed E-state index contributed by atoms with van der Waals surface area (Å²) in [6, 6.07) is 7.81. The summed E-state index contributed by atoms with van der Waals surface area (Å²) in [4.78, 5) is 0. The number of fused-ring (bicyclic) bond motifs is 1. The Kier molecular flexibility index (Phi) is 6.55. The molecule has 0 saturated carbocycles. The van der Waals surface area contributed by atoms with Crippen LogP contribution in [0.3, 0.4) is 0 Å². The average molecular weight is 508 g/mol. The zero-order valence-electron chi connectivity index (χ0n) is 15.4. The Morgan fingerprint density at radius 3 is 2.55 bits per heavy atom. The van der Waals surface area contributed by atoms with Crippen LogP contribution in [0.2, 0.25) is 0 Å². The second-order valence-corrected chi connectivity index (χ2v) is 7.01. The molecule has 7 nitrogen and oxygen atoms in total. The van der Waals surface area contributed by atoms with Gasteiger partial charge in [-0.05, 0) is 42.0 Å². The van der Waals surface area contributed by atoms with Crippen LogP contribution in [0, 0.1) is 0 Å². The van der Waals surface area contributed by atoms with Gasteiger partial charge in [0.2, 0.25) is 5.84 Å². The highest BCUT2D eigenvalue weighted by Gasteiger charge is 2.35. The normalized spacial score (nSPS) is 12.5. The van der Waals surface area contributed by atoms with Gasteiger partial charge in [0.05, 0.1) is 5.56 Å². The first-order valence-electron chi connectivity index (χ1n) is 8.49. The molecule has 0 aliphatic carbocycles. The lowest BCUT2D eigenvalue weighted by atomic mass is 10.1. The molecule has 0 aliphatic heterocycles. The number of rotatable bonds is 6. The van der Waals surface area contributed by atoms with Crippen molar-refractivity contribution in [1.82, 2.24) is 5.43 Å². The van der Waals surface area contributed by atoms with Gasteiger partial charge >= 0.3 is 12.8 Å². The lowest BCUT2D eigenvalue weighted by molar-refractivity contribution is -0.141. The number of furan rings is 1. The lowest BCUT2D eigenvalue weighted by Gasteiger charge is -2.16. The number of hydrogen-bond donors (Lipinski definition) is 4. The van der Waals surface area contributed by atoms with E-state index < -0.39 is 24.1 Å². The summed E-state index contributed by atoms with van der Waals surface area (Å²) in [5.74, 6) is 10.0. The van der Waals surface area contributed by atoms with Crippen LogP contribution in [0.5, 0.6) is 5.75 Å². The SMILES string of the molecule is N/N=C(\NN)c1cc2cc(Br)c(CNc3ccc(OC(F)F)c(C(F)(F)F)c3)cc2o1. The molecule has 166 valence electrons. The van der Waals surface area contributed by atoms with Gasteiger partial charge in [-0.2, -0.15) is 27.1 Å². The monoisotopic (exact) mass is 507 g/mol. The molecule has 3 aromatic rings. The van der Waals surface area contributed by atoms with E-state index in [9.17, 15) is 22.0 Å². The van der Waals surface area contributed by atoms with Crippen molar-refractivity contribution in [2.75, 3.05) is 5.32 Å². The topological polar surface area (TPSA) is 111 Å². The van der Waals surface area contributed by atoms with E-state index in [1.165, 1.54) is 6.07 Å². The molecule has 0 unspecified atom stereocenters. The van der Waals surface area contributed by atoms with Crippen molar-refractivity contribution in [2.45, 2.75) is 19.3 Å². The molecule has 1 aromatic heterocycles. The van der Waals surface area contributed by atoms with Gasteiger partial charge in [0.1, 0.15) is 11.3 Å². The molecular weight excluding hydrogens is 493 g/mol. The van der Waals surface area contributed by atoms with E-state index in [1.54, 1.807) is 18.2 Å². The van der Waals surface area contributed by atoms with Crippen molar-refractivity contribution in [2.24, 2.45) is 16.8 Å². The molecule has 0 fully saturated rings. The molecule has 31 heavy (non-hydrogen) atoms. The first-order valence-corrected chi connectivity index (χ1v) is 9.28. The number of nitrogens with zero attached hydrogens (tertiary/aromatic N) is 1. The summed E-state index contributed by atoms with van der Waals surface area (Å²) >= 11 is 3.40. The van der Waals surface area contributed by atoms with Gasteiger partial charge in [-0.1, -0.05) is 15.9 Å². The predicted molar refractivity (Wildman–Crippen MR) is 107 cm³/mol. The lowest BCUT2D eigenvalue weighted by Crippen LogP contribution is -2.31. The first kappa shape index (κ1) is 22.6. The van der Waals surface area contributed by atoms with Crippen LogP contribution in [0.4, 0.5) is 27.6 Å². The minimum Gasteiger partial charge on any atom is -0.453 e. The third kappa shape index (κ3) is 5.17. The van der Waals surface area contributed by atoms with Crippen molar-refractivity contribution in [3.8, 4) is 5.75 Å². The van der Waals surface area contributed by atoms with Crippen LogP contribution in [-0.4, -0.2) is 12.4 Å². The predicted octanol–water partition coefficient (Wildman–Crippen LogP) is 4.51. The highest BCUT2D eigenvalue weighted by atomic mass is 79.9. The van der Waals surface area contributed by atoms with E-state index in [1.807, 2.05) is 0 Å². The minimum atomic E-state index is -4.87. The molecule has 0 spiro atoms. The number of hydrogen-bond acceptors (Lipinski definition) is 6. The Balaban J connectivity index is 1.85. The van der Waals surface area contributed by atoms with Gasteiger partial charge in [-0.25, -0.2) is 5.84 Å². The van der Waals surface area contributed by atoms with Gasteiger partial charge in [-0.15, -0.1) is 0 Å². The third-order valence-corrected chi connectivity index (χ3v) is 4.91. The molecule has 0 saturated heterocycles. The molecule has 2 aromatic carbocycles. The van der Waals surface area contributed by atoms with Crippen LogP contribution in [0.1, 0.15) is 16.9 Å². The number of ether oxygens (including phenoxy) is 1. The van der Waals surface area contributed by atoms with Crippen LogP contribution in [0.25, 0.3) is 11.0 Å². The Bertz CT molecular complexity index is 1120. The fourth-order valence-electron chi connectivity index (χ4n) is 2.78. The molecule has 0 aliphatic rings. The van der Waals surface area contributed by atoms with Crippen molar-refractivity contribution >= 4 is 38.4 Å². The number of hydrazine groups is 1. The van der Waals surface area contributed by atoms with Crippen molar-refractivity contribution in [3.05, 3.63) is 57.8 Å². The summed E-state index contributed by atoms with van der Waals surface area (Å²) < 4.78 is 74.6. The number of nitrogens with two attached hydrogens (primary N) is 2. The molecule has 6 N–H and O–H groups in total. The van der Waals surface area contributed by atoms with Crippen molar-refractivity contribution in [1.29, 1.82) is 0 Å². The molecule has 3 rings (SSSR count). The number of alkyl halides is 5. The molecule has 1 heterocycles. The summed E-state index contributed by atoms with van der Waals surface area (Å²) in [5, 5.41) is 6.98. The zero-order valence-corrected chi connectivity index (χ0v) is 17.0. The number of halogens is 6. The van der Waals surface area contributed by atoms with Crippen LogP contribution >= 0.6 is 15.9 Å². The van der Waals surface area contributed by atoms with E-state index in [0.29, 0.717) is 32.8 Å². The second kappa shape index (κ2) is 8.98. The highest BCUT2D eigenvalue weighted by molar-refractivity contribution is 9.10. The van der Waals surface area contributed by atoms with Gasteiger partial charge < -0.3 is 25.7 Å². The number of nitrogens with one attached hydrogen (secondary N) is 2. The fraction of sp³-hybridized carbons (Fsp3) is 0.167. The van der Waals surface area contributed by atoms with E-state index in [2.05, 4.69) is 36.5 Å². The number of amidine groups is 1. The van der Waals surface area contributed by atoms with Gasteiger partial charge in [-0.3, -0.25) is 0 Å². The summed E-state index contributed by atoms with van der Waals surface area (Å²) in [6.45, 7) is -3.27. The molecule has 0 amide bonds. The Morgan fingerprint density at radius 2 is 1.94 bits per heavy atom. The second-order valence-electron chi connectivity index (χ2n) is 6.15. The smallest absolute Gasteiger partial charge is 0.420 e. The summed E-state index contributed by atoms with van der Waals surface area (Å²) in [7, 11) is 0. The highest BCUT2D eigenvalue weighted by Crippen LogP contribution is 2.38. The van der Waals surface area contributed by atoms with E-state index in [4.69, 9.17) is 16.1 Å². The molecule has 0 radical (unpaired) electrons. The van der Waals surface area contributed by atoms with E-state index >= 15 is 0 Å². The van der Waals surface area contributed by atoms with Gasteiger partial charge in [0.25, 0.3) is 0 Å². The Hall–Kier alpha value is -3.06. The zero-order chi connectivity index (χ0) is 22.8. The maximum Gasteiger partial charge on any atom is 0.420 e. The standard InChI is InChI=1S/C18H15BrF5N5O2/c19-12-3-8-4-15(16(28-25)29-26)30-14(8)5-9(12)7-27-10-1-2-13(31-17(20)21)11(6-10)18(22,23)24/h1-6,17,27H,7,25-26H2,(H,28,29). The maximum atomic E-state index is 13.2. The minimum absolute atomic E-state index is 0.0611. The third-order valence-electron chi connectivity index (χ3n) is 4.17. The van der Waals surface area contributed by atoms with Crippen LogP contribution < -0.4 is 27.2 Å². The Morgan fingerprint density at radius 1 is 1.19 bits per heavy atom. The van der Waals surface area contributed by atoms with Crippen LogP contribution in [0.15, 0.2) is 50.4 Å². The molecular formula is C18H15BrF5N5O2. The number of anilines is 1. The Labute approximate surface area is 180 Å². The first-order chi connectivity index (χ1) is 14.6. The number of hydrazone groups is 1. The average Bonchev–Trinajstić information content (AvgIpc) is 3.09. The van der Waals surface area contributed by atoms with Crippen molar-refractivity contribution < 1.29 is 31.1 Å². The molecule has 13 heteroatoms. The maximum absolute atomic E-state index is 13.2. The largest absolute Gasteiger partial charge is 0.453 e. The van der Waals surface area contributed by atoms with E-state index in [-0.39, 0.29) is 18.1 Å². The molecule has 0 atom stereocenters. The fourth-order valence-corrected chi connectivity index (χ4v) is 3.28. The quantitative estimate of drug-likeness (QED) is 0.128. The van der Waals surface area contributed by atoms with Gasteiger partial charge in [0.15, 0.2) is 5.76 Å². The summed E-state index contributed by atoms with van der Waals surface area (Å²) in [6.07, 6.45) is -4.87. The van der Waals surface area contributed by atoms with Gasteiger partial charge in [0, 0.05) is 22.1 Å². The van der Waals surface area contributed by atoms with E-state index in [0.717, 1.165) is 6.07 Å². The van der Waals surface area contributed by atoms with Crippen LogP contribution in [-0.2, 0) is 12.7 Å². The number of benzene rings is 2. The summed E-state index contributed by atoms with van der Waals surface area (Å²) in [5.41, 5.74) is 2.16. The molecule has 0 bridgehead atoms.